The van der Waals surface area contributed by atoms with E-state index in [2.05, 4.69) is 9.55 Å². The lowest BCUT2D eigenvalue weighted by Gasteiger charge is -2.27. The van der Waals surface area contributed by atoms with Gasteiger partial charge in [0.25, 0.3) is 0 Å². The summed E-state index contributed by atoms with van der Waals surface area (Å²) in [4.78, 5) is 4.43. The number of benzene rings is 1. The highest BCUT2D eigenvalue weighted by Gasteiger charge is 2.24. The van der Waals surface area contributed by atoms with Crippen molar-refractivity contribution in [3.8, 4) is 5.75 Å². The Morgan fingerprint density at radius 3 is 2.74 bits per heavy atom. The first-order valence-electron chi connectivity index (χ1n) is 6.69. The number of hydrogen-bond donors (Lipinski definition) is 2. The minimum Gasteiger partial charge on any atom is -0.494 e. The van der Waals surface area contributed by atoms with Crippen LogP contribution in [0.2, 0.25) is 0 Å². The van der Waals surface area contributed by atoms with Crippen LogP contribution in [0.4, 0.5) is 5.95 Å². The number of fused-ring (bicyclic) bond motifs is 1. The van der Waals surface area contributed by atoms with Gasteiger partial charge >= 0.3 is 0 Å². The highest BCUT2D eigenvalue weighted by Crippen LogP contribution is 2.35. The number of nitrogen functional groups attached to an aromatic ring is 1. The van der Waals surface area contributed by atoms with Crippen LogP contribution >= 0.6 is 0 Å². The van der Waals surface area contributed by atoms with Crippen LogP contribution in [0.5, 0.6) is 5.75 Å². The summed E-state index contributed by atoms with van der Waals surface area (Å²) in [5, 5.41) is 9.61. The van der Waals surface area contributed by atoms with Crippen LogP contribution in [-0.4, -0.2) is 27.9 Å². The molecule has 0 aliphatic heterocycles. The van der Waals surface area contributed by atoms with Gasteiger partial charge in [-0.3, -0.25) is 0 Å². The number of aliphatic hydroxyl groups excluding tert-OH is 1. The van der Waals surface area contributed by atoms with Crippen LogP contribution in [-0.2, 0) is 0 Å². The Balaban J connectivity index is 2.06. The normalized spacial score (nSPS) is 23.7. The molecule has 5 nitrogen and oxygen atoms in total. The number of aromatic nitrogens is 2. The predicted molar refractivity (Wildman–Crippen MR) is 74.2 cm³/mol. The van der Waals surface area contributed by atoms with Crippen molar-refractivity contribution in [3.63, 3.8) is 0 Å². The van der Waals surface area contributed by atoms with Gasteiger partial charge in [-0.25, -0.2) is 4.98 Å². The number of imidazole rings is 1. The van der Waals surface area contributed by atoms with Crippen molar-refractivity contribution >= 4 is 17.0 Å². The van der Waals surface area contributed by atoms with Crippen LogP contribution in [0.25, 0.3) is 11.0 Å². The largest absolute Gasteiger partial charge is 0.494 e. The molecule has 1 heterocycles. The summed E-state index contributed by atoms with van der Waals surface area (Å²) in [6.07, 6.45) is 3.37. The van der Waals surface area contributed by atoms with Crippen molar-refractivity contribution in [1.82, 2.24) is 9.55 Å². The average Bonchev–Trinajstić information content (AvgIpc) is 2.76. The summed E-state index contributed by atoms with van der Waals surface area (Å²) in [5.41, 5.74) is 7.90. The lowest BCUT2D eigenvalue weighted by Crippen LogP contribution is -2.22. The zero-order valence-electron chi connectivity index (χ0n) is 11.0. The third-order valence-corrected chi connectivity index (χ3v) is 3.96. The van der Waals surface area contributed by atoms with Crippen molar-refractivity contribution in [2.24, 2.45) is 0 Å². The van der Waals surface area contributed by atoms with Gasteiger partial charge in [0.05, 0.1) is 18.7 Å². The number of rotatable bonds is 2. The lowest BCUT2D eigenvalue weighted by atomic mass is 9.93. The van der Waals surface area contributed by atoms with Crippen molar-refractivity contribution in [2.75, 3.05) is 12.8 Å². The van der Waals surface area contributed by atoms with E-state index in [9.17, 15) is 5.11 Å². The molecule has 102 valence electrons. The van der Waals surface area contributed by atoms with E-state index in [4.69, 9.17) is 10.5 Å². The first-order valence-corrected chi connectivity index (χ1v) is 6.69. The monoisotopic (exact) mass is 261 g/mol. The maximum atomic E-state index is 9.61. The van der Waals surface area contributed by atoms with Gasteiger partial charge in [0, 0.05) is 6.04 Å². The van der Waals surface area contributed by atoms with Crippen LogP contribution < -0.4 is 10.5 Å². The van der Waals surface area contributed by atoms with E-state index in [0.29, 0.717) is 12.0 Å². The summed E-state index contributed by atoms with van der Waals surface area (Å²) in [7, 11) is 1.64. The van der Waals surface area contributed by atoms with E-state index in [1.807, 2.05) is 18.2 Å². The SMILES string of the molecule is COc1cccc2c1nc(N)n2C1CCC(O)CC1. The van der Waals surface area contributed by atoms with Crippen LogP contribution in [0.3, 0.4) is 0 Å². The maximum Gasteiger partial charge on any atom is 0.201 e. The van der Waals surface area contributed by atoms with Gasteiger partial charge in [-0.1, -0.05) is 6.07 Å². The van der Waals surface area contributed by atoms with E-state index in [1.165, 1.54) is 0 Å². The van der Waals surface area contributed by atoms with E-state index in [1.54, 1.807) is 7.11 Å². The van der Waals surface area contributed by atoms with E-state index in [0.717, 1.165) is 42.5 Å². The van der Waals surface area contributed by atoms with Crippen molar-refractivity contribution in [2.45, 2.75) is 37.8 Å². The van der Waals surface area contributed by atoms with Crippen LogP contribution in [0, 0.1) is 0 Å². The van der Waals surface area contributed by atoms with Crippen molar-refractivity contribution < 1.29 is 9.84 Å². The lowest BCUT2D eigenvalue weighted by molar-refractivity contribution is 0.112. The fourth-order valence-electron chi connectivity index (χ4n) is 2.97. The van der Waals surface area contributed by atoms with Gasteiger partial charge in [0.1, 0.15) is 11.3 Å². The van der Waals surface area contributed by atoms with E-state index < -0.39 is 0 Å². The molecule has 0 bridgehead atoms. The van der Waals surface area contributed by atoms with Crippen LogP contribution in [0.1, 0.15) is 31.7 Å². The number of aliphatic hydroxyl groups is 1. The molecule has 3 N–H and O–H groups in total. The average molecular weight is 261 g/mol. The molecule has 1 aliphatic rings. The highest BCUT2D eigenvalue weighted by atomic mass is 16.5. The molecule has 0 atom stereocenters. The number of anilines is 1. The predicted octanol–water partition coefficient (Wildman–Crippen LogP) is 2.10. The third kappa shape index (κ3) is 2.04. The fraction of sp³-hybridized carbons (Fsp3) is 0.500. The quantitative estimate of drug-likeness (QED) is 0.868. The van der Waals surface area contributed by atoms with Crippen LogP contribution in [0.15, 0.2) is 18.2 Å². The molecular formula is C14H19N3O2. The molecular weight excluding hydrogens is 242 g/mol. The van der Waals surface area contributed by atoms with Gasteiger partial charge in [0.2, 0.25) is 5.95 Å². The van der Waals surface area contributed by atoms with Gasteiger partial charge in [-0.15, -0.1) is 0 Å². The minimum absolute atomic E-state index is 0.165. The number of hydrogen-bond acceptors (Lipinski definition) is 4. The second-order valence-electron chi connectivity index (χ2n) is 5.13. The van der Waals surface area contributed by atoms with Gasteiger partial charge in [-0.2, -0.15) is 0 Å². The smallest absolute Gasteiger partial charge is 0.201 e. The molecule has 0 amide bonds. The molecule has 1 saturated carbocycles. The second-order valence-corrected chi connectivity index (χ2v) is 5.13. The summed E-state index contributed by atoms with van der Waals surface area (Å²) in [5.74, 6) is 1.28. The highest BCUT2D eigenvalue weighted by molar-refractivity contribution is 5.84. The Kier molecular flexibility index (Phi) is 3.06. The Bertz CT molecular complexity index is 586. The van der Waals surface area contributed by atoms with Crippen molar-refractivity contribution in [3.05, 3.63) is 18.2 Å². The molecule has 3 rings (SSSR count). The first kappa shape index (κ1) is 12.3. The molecule has 0 unspecified atom stereocenters. The molecule has 0 spiro atoms. The number of nitrogens with zero attached hydrogens (tertiary/aromatic N) is 2. The molecule has 1 aromatic heterocycles. The van der Waals surface area contributed by atoms with E-state index >= 15 is 0 Å². The Labute approximate surface area is 112 Å². The van der Waals surface area contributed by atoms with E-state index in [-0.39, 0.29) is 6.10 Å². The topological polar surface area (TPSA) is 73.3 Å². The van der Waals surface area contributed by atoms with Gasteiger partial charge < -0.3 is 20.1 Å². The summed E-state index contributed by atoms with van der Waals surface area (Å²) in [6.45, 7) is 0. The zero-order valence-corrected chi connectivity index (χ0v) is 11.0. The molecule has 5 heteroatoms. The zero-order chi connectivity index (χ0) is 13.4. The molecule has 0 radical (unpaired) electrons. The maximum absolute atomic E-state index is 9.61. The number of methoxy groups -OCH3 is 1. The minimum atomic E-state index is -0.165. The standard InChI is InChI=1S/C14H19N3O2/c1-19-12-4-2-3-11-13(12)16-14(15)17(11)9-5-7-10(18)8-6-9/h2-4,9-10,18H,5-8H2,1H3,(H2,15,16). The Morgan fingerprint density at radius 1 is 1.32 bits per heavy atom. The Morgan fingerprint density at radius 2 is 2.05 bits per heavy atom. The van der Waals surface area contributed by atoms with Gasteiger partial charge in [0.15, 0.2) is 0 Å². The Hall–Kier alpha value is -1.75. The van der Waals surface area contributed by atoms with Gasteiger partial charge in [-0.05, 0) is 37.8 Å². The number of ether oxygens (including phenoxy) is 1. The number of nitrogens with two attached hydrogens (primary N) is 1. The summed E-state index contributed by atoms with van der Waals surface area (Å²) in [6, 6.07) is 6.19. The molecule has 1 aromatic carbocycles. The first-order chi connectivity index (χ1) is 9.20. The molecule has 19 heavy (non-hydrogen) atoms. The van der Waals surface area contributed by atoms with Crippen molar-refractivity contribution in [1.29, 1.82) is 0 Å². The molecule has 1 aliphatic carbocycles. The summed E-state index contributed by atoms with van der Waals surface area (Å²) < 4.78 is 7.42. The molecule has 0 saturated heterocycles. The fourth-order valence-corrected chi connectivity index (χ4v) is 2.97. The number of para-hydroxylation sites is 1. The summed E-state index contributed by atoms with van der Waals surface area (Å²) >= 11 is 0. The molecule has 1 fully saturated rings. The third-order valence-electron chi connectivity index (χ3n) is 3.96. The molecule has 2 aromatic rings. The second kappa shape index (κ2) is 4.74.